The van der Waals surface area contributed by atoms with Crippen LogP contribution in [0.4, 0.5) is 26.3 Å². The topological polar surface area (TPSA) is 49.4 Å². The predicted molar refractivity (Wildman–Crippen MR) is 70.0 cm³/mol. The van der Waals surface area contributed by atoms with Crippen LogP contribution in [0.2, 0.25) is 0 Å². The summed E-state index contributed by atoms with van der Waals surface area (Å²) in [6.07, 6.45) is -12.8. The number of hydrogen-bond donors (Lipinski definition) is 0. The van der Waals surface area contributed by atoms with Gasteiger partial charge in [0.25, 0.3) is 0 Å². The Bertz CT molecular complexity index is 562. The van der Waals surface area contributed by atoms with Gasteiger partial charge in [-0.15, -0.1) is 0 Å². The average molecular weight is 524 g/mol. The van der Waals surface area contributed by atoms with Crippen molar-refractivity contribution in [1.82, 2.24) is 0 Å². The molecule has 0 heterocycles. The average Bonchev–Trinajstić information content (AvgIpc) is 2.29. The molecule has 1 rings (SSSR count). The first kappa shape index (κ1) is 19.7. The molecule has 0 radical (unpaired) electrons. The molecule has 0 N–H and O–H groups in total. The molecule has 12 heteroatoms. The van der Waals surface area contributed by atoms with Crippen molar-refractivity contribution in [2.45, 2.75) is 18.0 Å². The number of carbonyl (C=O) groups excluding carboxylic acids is 1. The third-order valence-corrected chi connectivity index (χ3v) is 3.88. The molecule has 0 aromatic heterocycles. The summed E-state index contributed by atoms with van der Waals surface area (Å²) in [5.74, 6) is -3.72. The molecule has 0 unspecified atom stereocenters. The molecule has 22 heavy (non-hydrogen) atoms. The quantitative estimate of drug-likeness (QED) is 0.333. The molecule has 0 spiro atoms. The van der Waals surface area contributed by atoms with Crippen molar-refractivity contribution in [3.63, 3.8) is 0 Å². The standard InChI is InChI=1S/C10H2Br3F6O3/c11-3-1-4(12)6(5(13)2-3)22-7(20)8(21,9(14,15)16)10(17,18)19/h1-2H/q-1. The van der Waals surface area contributed by atoms with Gasteiger partial charge in [-0.3, -0.25) is 4.79 Å². The highest BCUT2D eigenvalue weighted by atomic mass is 79.9. The van der Waals surface area contributed by atoms with Gasteiger partial charge in [-0.2, -0.15) is 26.3 Å². The number of rotatable bonds is 2. The van der Waals surface area contributed by atoms with E-state index in [4.69, 9.17) is 0 Å². The van der Waals surface area contributed by atoms with Crippen LogP contribution in [0.5, 0.6) is 5.75 Å². The molecule has 0 saturated heterocycles. The van der Waals surface area contributed by atoms with E-state index in [1.54, 1.807) is 0 Å². The van der Waals surface area contributed by atoms with Gasteiger partial charge in [-0.1, -0.05) is 15.9 Å². The largest absolute Gasteiger partial charge is 0.828 e. The van der Waals surface area contributed by atoms with E-state index in [9.17, 15) is 36.2 Å². The molecule has 0 aliphatic rings. The van der Waals surface area contributed by atoms with E-state index in [1.807, 2.05) is 0 Å². The van der Waals surface area contributed by atoms with Crippen LogP contribution in [0.15, 0.2) is 25.6 Å². The van der Waals surface area contributed by atoms with Gasteiger partial charge in [0.15, 0.2) is 11.4 Å². The fourth-order valence-corrected chi connectivity index (χ4v) is 3.60. The highest BCUT2D eigenvalue weighted by Gasteiger charge is 2.68. The van der Waals surface area contributed by atoms with Gasteiger partial charge >= 0.3 is 18.3 Å². The lowest BCUT2D eigenvalue weighted by molar-refractivity contribution is -0.573. The second kappa shape index (κ2) is 6.29. The Morgan fingerprint density at radius 3 is 1.64 bits per heavy atom. The number of benzene rings is 1. The van der Waals surface area contributed by atoms with Crippen LogP contribution >= 0.6 is 47.8 Å². The summed E-state index contributed by atoms with van der Waals surface area (Å²) in [5.41, 5.74) is -5.90. The van der Waals surface area contributed by atoms with E-state index in [2.05, 4.69) is 52.5 Å². The number of halogens is 9. The Morgan fingerprint density at radius 1 is 0.955 bits per heavy atom. The van der Waals surface area contributed by atoms with Crippen molar-refractivity contribution < 1.29 is 41.0 Å². The third kappa shape index (κ3) is 3.60. The van der Waals surface area contributed by atoms with Crippen LogP contribution in [-0.4, -0.2) is 23.9 Å². The number of hydrogen-bond acceptors (Lipinski definition) is 3. The van der Waals surface area contributed by atoms with E-state index >= 15 is 0 Å². The minimum Gasteiger partial charge on any atom is -0.828 e. The maximum atomic E-state index is 12.5. The molecular weight excluding hydrogens is 522 g/mol. The highest BCUT2D eigenvalue weighted by Crippen LogP contribution is 2.43. The summed E-state index contributed by atoms with van der Waals surface area (Å²) in [5, 5.41) is 11.2. The zero-order chi connectivity index (χ0) is 17.5. The molecule has 0 saturated carbocycles. The summed E-state index contributed by atoms with van der Waals surface area (Å²) in [4.78, 5) is 11.3. The third-order valence-electron chi connectivity index (χ3n) is 2.24. The van der Waals surface area contributed by atoms with Gasteiger partial charge < -0.3 is 9.84 Å². The van der Waals surface area contributed by atoms with E-state index in [0.29, 0.717) is 4.47 Å². The Labute approximate surface area is 144 Å². The summed E-state index contributed by atoms with van der Waals surface area (Å²) in [7, 11) is 0. The number of ether oxygens (including phenoxy) is 1. The van der Waals surface area contributed by atoms with Crippen LogP contribution in [0.1, 0.15) is 0 Å². The number of alkyl halides is 6. The van der Waals surface area contributed by atoms with Crippen molar-refractivity contribution in [3.05, 3.63) is 25.6 Å². The van der Waals surface area contributed by atoms with E-state index in [0.717, 1.165) is 0 Å². The first-order valence-electron chi connectivity index (χ1n) is 4.92. The van der Waals surface area contributed by atoms with Crippen molar-refractivity contribution in [2.75, 3.05) is 0 Å². The van der Waals surface area contributed by atoms with Gasteiger partial charge in [-0.05, 0) is 44.0 Å². The number of esters is 1. The summed E-state index contributed by atoms with van der Waals surface area (Å²) >= 11 is 8.58. The lowest BCUT2D eigenvalue weighted by Gasteiger charge is -2.40. The summed E-state index contributed by atoms with van der Waals surface area (Å²) in [6, 6.07) is 2.39. The molecule has 1 aromatic rings. The zero-order valence-corrected chi connectivity index (χ0v) is 14.5. The Balaban J connectivity index is 3.31. The maximum Gasteiger partial charge on any atom is 0.399 e. The second-order valence-electron chi connectivity index (χ2n) is 3.76. The van der Waals surface area contributed by atoms with Gasteiger partial charge in [0.2, 0.25) is 0 Å². The molecular formula is C10H2Br3F6O3-. The van der Waals surface area contributed by atoms with Gasteiger partial charge in [0, 0.05) is 4.47 Å². The Morgan fingerprint density at radius 2 is 1.32 bits per heavy atom. The number of carbonyl (C=O) groups is 1. The van der Waals surface area contributed by atoms with Crippen LogP contribution in [0.25, 0.3) is 0 Å². The molecule has 0 aliphatic heterocycles. The van der Waals surface area contributed by atoms with Gasteiger partial charge in [0.1, 0.15) is 0 Å². The van der Waals surface area contributed by atoms with Gasteiger partial charge in [0.05, 0.1) is 8.95 Å². The van der Waals surface area contributed by atoms with Crippen molar-refractivity contribution >= 4 is 53.8 Å². The van der Waals surface area contributed by atoms with Crippen molar-refractivity contribution in [3.8, 4) is 5.75 Å². The SMILES string of the molecule is O=C(Oc1c(Br)cc(Br)cc1Br)C([O-])(C(F)(F)F)C(F)(F)F. The molecule has 0 bridgehead atoms. The summed E-state index contributed by atoms with van der Waals surface area (Å²) < 4.78 is 78.9. The van der Waals surface area contributed by atoms with E-state index in [1.165, 1.54) is 12.1 Å². The molecule has 3 nitrogen and oxygen atoms in total. The zero-order valence-electron chi connectivity index (χ0n) is 9.78. The predicted octanol–water partition coefficient (Wildman–Crippen LogP) is 4.10. The van der Waals surface area contributed by atoms with Gasteiger partial charge in [-0.25, -0.2) is 0 Å². The van der Waals surface area contributed by atoms with Crippen molar-refractivity contribution in [1.29, 1.82) is 0 Å². The Hall–Kier alpha value is -0.330. The Kier molecular flexibility index (Phi) is 5.63. The lowest BCUT2D eigenvalue weighted by Crippen LogP contribution is -2.72. The first-order valence-corrected chi connectivity index (χ1v) is 7.30. The molecule has 0 amide bonds. The minimum atomic E-state index is -6.42. The first-order chi connectivity index (χ1) is 9.71. The fourth-order valence-electron chi connectivity index (χ4n) is 1.18. The molecule has 0 atom stereocenters. The van der Waals surface area contributed by atoms with Crippen LogP contribution in [0, 0.1) is 0 Å². The maximum absolute atomic E-state index is 12.5. The second-order valence-corrected chi connectivity index (χ2v) is 6.39. The van der Waals surface area contributed by atoms with Crippen LogP contribution < -0.4 is 9.84 Å². The normalized spacial score (nSPS) is 13.2. The van der Waals surface area contributed by atoms with E-state index < -0.39 is 29.7 Å². The fraction of sp³-hybridized carbons (Fsp3) is 0.300. The highest BCUT2D eigenvalue weighted by molar-refractivity contribution is 9.11. The van der Waals surface area contributed by atoms with Crippen LogP contribution in [-0.2, 0) is 4.79 Å². The molecule has 0 fully saturated rings. The summed E-state index contributed by atoms with van der Waals surface area (Å²) in [6.45, 7) is 0. The van der Waals surface area contributed by atoms with Crippen molar-refractivity contribution in [2.24, 2.45) is 0 Å². The monoisotopic (exact) mass is 521 g/mol. The smallest absolute Gasteiger partial charge is 0.399 e. The molecule has 0 aliphatic carbocycles. The molecule has 1 aromatic carbocycles. The minimum absolute atomic E-state index is 0.145. The molecule has 124 valence electrons. The van der Waals surface area contributed by atoms with Crippen LogP contribution in [0.3, 0.4) is 0 Å². The lowest BCUT2D eigenvalue weighted by atomic mass is 10.0. The van der Waals surface area contributed by atoms with E-state index in [-0.39, 0.29) is 8.95 Å².